The van der Waals surface area contributed by atoms with Crippen LogP contribution in [0.3, 0.4) is 0 Å². The first-order valence-electron chi connectivity index (χ1n) is 9.64. The summed E-state index contributed by atoms with van der Waals surface area (Å²) in [7, 11) is -3.61. The van der Waals surface area contributed by atoms with E-state index in [0.29, 0.717) is 6.42 Å². The molecule has 2 aromatic carbocycles. The highest BCUT2D eigenvalue weighted by Gasteiger charge is 2.55. The minimum absolute atomic E-state index is 0.388. The van der Waals surface area contributed by atoms with Gasteiger partial charge in [-0.15, -0.1) is 11.8 Å². The lowest BCUT2D eigenvalue weighted by Gasteiger charge is -2.29. The summed E-state index contributed by atoms with van der Waals surface area (Å²) < 4.78 is 27.0. The van der Waals surface area contributed by atoms with Crippen molar-refractivity contribution in [2.75, 3.05) is 6.26 Å². The Balaban J connectivity index is 2.12. The zero-order chi connectivity index (χ0) is 21.3. The van der Waals surface area contributed by atoms with Crippen molar-refractivity contribution in [3.05, 3.63) is 65.2 Å². The Hall–Kier alpha value is -1.83. The third-order valence-corrected chi connectivity index (χ3v) is 8.16. The fourth-order valence-electron chi connectivity index (χ4n) is 4.11. The van der Waals surface area contributed by atoms with Crippen LogP contribution >= 0.6 is 11.8 Å². The molecule has 3 rings (SSSR count). The summed E-state index contributed by atoms with van der Waals surface area (Å²) in [5, 5.41) is 9.77. The molecule has 1 heterocycles. The standard InChI is InChI=1S/C22H27NO4S2/c1-5-18-21(28-17-12-8-15(3)9-13-17)19(22(24)25)20(23(18)29(4,26)27)16-10-6-14(2)7-11-16/h6-13,18-21H,5H2,1-4H3,(H,24,25)/t18-,19+,20+,21-/m1/s1. The minimum atomic E-state index is -3.61. The lowest BCUT2D eigenvalue weighted by molar-refractivity contribution is -0.142. The van der Waals surface area contributed by atoms with Crippen molar-refractivity contribution >= 4 is 27.8 Å². The summed E-state index contributed by atoms with van der Waals surface area (Å²) in [6, 6.07) is 14.3. The zero-order valence-corrected chi connectivity index (χ0v) is 18.7. The van der Waals surface area contributed by atoms with Crippen LogP contribution < -0.4 is 0 Å². The fraction of sp³-hybridized carbons (Fsp3) is 0.409. The lowest BCUT2D eigenvalue weighted by Crippen LogP contribution is -2.38. The summed E-state index contributed by atoms with van der Waals surface area (Å²) in [6.07, 6.45) is 1.72. The number of carboxylic acids is 1. The smallest absolute Gasteiger partial charge is 0.309 e. The molecule has 156 valence electrons. The lowest BCUT2D eigenvalue weighted by atomic mass is 9.92. The highest BCUT2D eigenvalue weighted by Crippen LogP contribution is 2.50. The van der Waals surface area contributed by atoms with Gasteiger partial charge < -0.3 is 5.11 Å². The molecule has 0 saturated carbocycles. The second-order valence-electron chi connectivity index (χ2n) is 7.68. The van der Waals surface area contributed by atoms with Crippen LogP contribution in [0, 0.1) is 19.8 Å². The summed E-state index contributed by atoms with van der Waals surface area (Å²) in [6.45, 7) is 5.87. The summed E-state index contributed by atoms with van der Waals surface area (Å²) in [5.41, 5.74) is 2.89. The Morgan fingerprint density at radius 1 is 1.03 bits per heavy atom. The average Bonchev–Trinajstić information content (AvgIpc) is 2.98. The highest BCUT2D eigenvalue weighted by molar-refractivity contribution is 8.00. The van der Waals surface area contributed by atoms with Crippen LogP contribution in [-0.4, -0.2) is 41.3 Å². The second kappa shape index (κ2) is 8.50. The number of benzene rings is 2. The number of hydrogen-bond acceptors (Lipinski definition) is 4. The Bertz CT molecular complexity index is 971. The number of sulfonamides is 1. The molecule has 29 heavy (non-hydrogen) atoms. The second-order valence-corrected chi connectivity index (χ2v) is 10.8. The van der Waals surface area contributed by atoms with Crippen LogP contribution in [0.15, 0.2) is 53.4 Å². The average molecular weight is 434 g/mol. The number of nitrogens with zero attached hydrogens (tertiary/aromatic N) is 1. The van der Waals surface area contributed by atoms with Crippen LogP contribution in [0.25, 0.3) is 0 Å². The first kappa shape index (κ1) is 21.9. The number of carbonyl (C=O) groups is 1. The number of thioether (sulfide) groups is 1. The predicted molar refractivity (Wildman–Crippen MR) is 117 cm³/mol. The number of aliphatic carboxylic acids is 1. The molecule has 1 saturated heterocycles. The van der Waals surface area contributed by atoms with Crippen molar-refractivity contribution in [2.45, 2.75) is 49.4 Å². The van der Waals surface area contributed by atoms with Gasteiger partial charge in [-0.2, -0.15) is 4.31 Å². The topological polar surface area (TPSA) is 74.7 Å². The maximum atomic E-state index is 12.8. The molecule has 0 aliphatic carbocycles. The third kappa shape index (κ3) is 4.52. The van der Waals surface area contributed by atoms with Gasteiger partial charge in [0, 0.05) is 16.2 Å². The number of hydrogen-bond donors (Lipinski definition) is 1. The Labute approximate surface area is 177 Å². The first-order valence-corrected chi connectivity index (χ1v) is 12.4. The highest BCUT2D eigenvalue weighted by atomic mass is 32.2. The van der Waals surface area contributed by atoms with Gasteiger partial charge in [0.1, 0.15) is 0 Å². The number of carboxylic acid groups (broad SMARTS) is 1. The van der Waals surface area contributed by atoms with Gasteiger partial charge in [-0.3, -0.25) is 4.79 Å². The normalized spacial score (nSPS) is 25.2. The van der Waals surface area contributed by atoms with E-state index < -0.39 is 34.0 Å². The third-order valence-electron chi connectivity index (χ3n) is 5.47. The monoisotopic (exact) mass is 433 g/mol. The minimum Gasteiger partial charge on any atom is -0.481 e. The van der Waals surface area contributed by atoms with E-state index in [0.717, 1.165) is 21.6 Å². The van der Waals surface area contributed by atoms with E-state index in [-0.39, 0.29) is 5.25 Å². The summed E-state index contributed by atoms with van der Waals surface area (Å²) in [5.74, 6) is -1.81. The van der Waals surface area contributed by atoms with Gasteiger partial charge in [0.25, 0.3) is 0 Å². The van der Waals surface area contributed by atoms with E-state index in [1.54, 1.807) is 0 Å². The van der Waals surface area contributed by atoms with Crippen molar-refractivity contribution in [1.82, 2.24) is 4.31 Å². The summed E-state index contributed by atoms with van der Waals surface area (Å²) >= 11 is 1.46. The van der Waals surface area contributed by atoms with Gasteiger partial charge in [-0.25, -0.2) is 8.42 Å². The van der Waals surface area contributed by atoms with E-state index in [9.17, 15) is 18.3 Å². The van der Waals surface area contributed by atoms with Gasteiger partial charge in [-0.05, 0) is 38.0 Å². The van der Waals surface area contributed by atoms with Gasteiger partial charge in [0.2, 0.25) is 10.0 Å². The molecule has 0 aromatic heterocycles. The molecule has 0 radical (unpaired) electrons. The van der Waals surface area contributed by atoms with Crippen molar-refractivity contribution < 1.29 is 18.3 Å². The molecule has 0 bridgehead atoms. The molecule has 7 heteroatoms. The first-order chi connectivity index (χ1) is 13.6. The van der Waals surface area contributed by atoms with Crippen LogP contribution in [0.4, 0.5) is 0 Å². The van der Waals surface area contributed by atoms with E-state index in [2.05, 4.69) is 0 Å². The Morgan fingerprint density at radius 3 is 2.00 bits per heavy atom. The molecular weight excluding hydrogens is 406 g/mol. The molecule has 5 nitrogen and oxygen atoms in total. The molecule has 1 aliphatic heterocycles. The molecule has 1 fully saturated rings. The van der Waals surface area contributed by atoms with Gasteiger partial charge in [0.15, 0.2) is 0 Å². The van der Waals surface area contributed by atoms with Crippen LogP contribution in [0.5, 0.6) is 0 Å². The van der Waals surface area contributed by atoms with Crippen molar-refractivity contribution in [1.29, 1.82) is 0 Å². The maximum Gasteiger partial charge on any atom is 0.309 e. The number of rotatable bonds is 6. The van der Waals surface area contributed by atoms with Gasteiger partial charge in [-0.1, -0.05) is 54.4 Å². The molecular formula is C22H27NO4S2. The van der Waals surface area contributed by atoms with Crippen molar-refractivity contribution in [3.8, 4) is 0 Å². The fourth-order valence-corrected chi connectivity index (χ4v) is 7.13. The zero-order valence-electron chi connectivity index (χ0n) is 17.1. The molecule has 2 aromatic rings. The van der Waals surface area contributed by atoms with Crippen LogP contribution in [0.2, 0.25) is 0 Å². The summed E-state index contributed by atoms with van der Waals surface area (Å²) in [4.78, 5) is 13.4. The quantitative estimate of drug-likeness (QED) is 0.737. The van der Waals surface area contributed by atoms with E-state index in [4.69, 9.17) is 0 Å². The molecule has 4 atom stereocenters. The molecule has 0 unspecified atom stereocenters. The molecule has 0 spiro atoms. The Kier molecular flexibility index (Phi) is 6.41. The van der Waals surface area contributed by atoms with E-state index in [1.807, 2.05) is 69.3 Å². The largest absolute Gasteiger partial charge is 0.481 e. The Morgan fingerprint density at radius 2 is 1.55 bits per heavy atom. The van der Waals surface area contributed by atoms with Crippen LogP contribution in [-0.2, 0) is 14.8 Å². The SMILES string of the molecule is CC[C@@H]1[C@@H](Sc2ccc(C)cc2)[C@@H](C(=O)O)[C@H](c2ccc(C)cc2)N1S(C)(=O)=O. The van der Waals surface area contributed by atoms with Gasteiger partial charge in [0.05, 0.1) is 18.2 Å². The molecule has 1 aliphatic rings. The van der Waals surface area contributed by atoms with Crippen LogP contribution in [0.1, 0.15) is 36.1 Å². The van der Waals surface area contributed by atoms with Crippen molar-refractivity contribution in [3.63, 3.8) is 0 Å². The van der Waals surface area contributed by atoms with E-state index in [1.165, 1.54) is 22.3 Å². The van der Waals surface area contributed by atoms with Crippen molar-refractivity contribution in [2.24, 2.45) is 5.92 Å². The van der Waals surface area contributed by atoms with E-state index >= 15 is 0 Å². The molecule has 1 N–H and O–H groups in total. The number of aryl methyl sites for hydroxylation is 2. The molecule has 0 amide bonds. The van der Waals surface area contributed by atoms with Gasteiger partial charge >= 0.3 is 5.97 Å². The predicted octanol–water partition coefficient (Wildman–Crippen LogP) is 4.26. The maximum absolute atomic E-state index is 12.8.